The van der Waals surface area contributed by atoms with Gasteiger partial charge >= 0.3 is 0 Å². The molecule has 9 heteroatoms. The van der Waals surface area contributed by atoms with Gasteiger partial charge in [-0.25, -0.2) is 8.42 Å². The first kappa shape index (κ1) is 30.2. The Morgan fingerprint density at radius 3 is 1.90 bits per heavy atom. The quantitative estimate of drug-likeness (QED) is 0.324. The number of carbonyl (C=O) groups excluding carboxylic acids is 2. The summed E-state index contributed by atoms with van der Waals surface area (Å²) >= 11 is 1.51. The molecule has 0 saturated carbocycles. The molecule has 3 aromatic carbocycles. The van der Waals surface area contributed by atoms with E-state index < -0.39 is 28.5 Å². The topological polar surface area (TPSA) is 86.8 Å². The third-order valence-corrected chi connectivity index (χ3v) is 8.85. The average molecular weight is 568 g/mol. The van der Waals surface area contributed by atoms with Gasteiger partial charge in [-0.3, -0.25) is 13.9 Å². The number of hydrogen-bond acceptors (Lipinski definition) is 5. The Bertz CT molecular complexity index is 1370. The van der Waals surface area contributed by atoms with Crippen LogP contribution in [0.3, 0.4) is 0 Å². The van der Waals surface area contributed by atoms with Crippen LogP contribution in [0.25, 0.3) is 0 Å². The second kappa shape index (κ2) is 13.2. The summed E-state index contributed by atoms with van der Waals surface area (Å²) in [6.45, 7) is 8.96. The molecule has 3 rings (SSSR count). The van der Waals surface area contributed by atoms with Crippen LogP contribution >= 0.6 is 11.8 Å². The zero-order valence-corrected chi connectivity index (χ0v) is 25.0. The lowest BCUT2D eigenvalue weighted by atomic mass is 10.1. The van der Waals surface area contributed by atoms with E-state index in [1.165, 1.54) is 16.7 Å². The Labute approximate surface area is 236 Å². The Hall–Kier alpha value is -3.30. The van der Waals surface area contributed by atoms with Crippen molar-refractivity contribution in [2.24, 2.45) is 0 Å². The number of anilines is 1. The fourth-order valence-corrected chi connectivity index (χ4v) is 5.82. The van der Waals surface area contributed by atoms with Crippen LogP contribution < -0.4 is 9.62 Å². The van der Waals surface area contributed by atoms with Crippen molar-refractivity contribution in [1.82, 2.24) is 10.2 Å². The molecule has 0 radical (unpaired) electrons. The number of benzene rings is 3. The summed E-state index contributed by atoms with van der Waals surface area (Å²) in [5.41, 5.74) is 3.26. The highest BCUT2D eigenvalue weighted by molar-refractivity contribution is 7.98. The molecule has 0 aliphatic heterocycles. The predicted octanol–water partition coefficient (Wildman–Crippen LogP) is 5.16. The van der Waals surface area contributed by atoms with Crippen LogP contribution in [0.15, 0.2) is 82.6 Å². The number of aryl methyl sites for hydroxylation is 2. The molecule has 1 unspecified atom stereocenters. The zero-order chi connectivity index (χ0) is 28.7. The van der Waals surface area contributed by atoms with E-state index in [4.69, 9.17) is 0 Å². The molecule has 0 aliphatic rings. The monoisotopic (exact) mass is 567 g/mol. The first-order valence-corrected chi connectivity index (χ1v) is 15.5. The minimum absolute atomic E-state index is 0.0874. The van der Waals surface area contributed by atoms with E-state index in [0.717, 1.165) is 25.9 Å². The fraction of sp³-hybridized carbons (Fsp3) is 0.333. The van der Waals surface area contributed by atoms with Crippen molar-refractivity contribution in [2.45, 2.75) is 63.0 Å². The Morgan fingerprint density at radius 1 is 0.846 bits per heavy atom. The second-order valence-electron chi connectivity index (χ2n) is 9.87. The molecule has 0 aliphatic carbocycles. The number of nitrogens with one attached hydrogen (secondary N) is 1. The lowest BCUT2D eigenvalue weighted by molar-refractivity contribution is -0.139. The fourth-order valence-electron chi connectivity index (χ4n) is 3.99. The normalized spacial score (nSPS) is 12.2. The molecule has 39 heavy (non-hydrogen) atoms. The van der Waals surface area contributed by atoms with E-state index in [9.17, 15) is 18.0 Å². The number of rotatable bonds is 11. The smallest absolute Gasteiger partial charge is 0.264 e. The van der Waals surface area contributed by atoms with Crippen LogP contribution in [-0.2, 0) is 26.2 Å². The van der Waals surface area contributed by atoms with Crippen LogP contribution in [0.2, 0.25) is 0 Å². The van der Waals surface area contributed by atoms with E-state index in [1.54, 1.807) is 43.3 Å². The summed E-state index contributed by atoms with van der Waals surface area (Å²) in [7, 11) is -4.09. The molecular weight excluding hydrogens is 530 g/mol. The molecule has 1 atom stereocenters. The van der Waals surface area contributed by atoms with E-state index in [0.29, 0.717) is 5.69 Å². The van der Waals surface area contributed by atoms with Gasteiger partial charge in [0.05, 0.1) is 10.6 Å². The molecule has 0 heterocycles. The lowest BCUT2D eigenvalue weighted by Gasteiger charge is -2.32. The lowest BCUT2D eigenvalue weighted by Crippen LogP contribution is -2.52. The highest BCUT2D eigenvalue weighted by Crippen LogP contribution is 2.26. The van der Waals surface area contributed by atoms with Gasteiger partial charge in [-0.15, -0.1) is 11.8 Å². The Kier molecular flexibility index (Phi) is 10.2. The Morgan fingerprint density at radius 2 is 1.38 bits per heavy atom. The van der Waals surface area contributed by atoms with Crippen molar-refractivity contribution < 1.29 is 18.0 Å². The Balaban J connectivity index is 2.02. The van der Waals surface area contributed by atoms with Crippen LogP contribution in [0.4, 0.5) is 5.69 Å². The van der Waals surface area contributed by atoms with Gasteiger partial charge in [0.15, 0.2) is 0 Å². The molecule has 0 fully saturated rings. The zero-order valence-electron chi connectivity index (χ0n) is 23.3. The van der Waals surface area contributed by atoms with Gasteiger partial charge in [-0.2, -0.15) is 0 Å². The summed E-state index contributed by atoms with van der Waals surface area (Å²) in [5, 5.41) is 2.86. The van der Waals surface area contributed by atoms with Crippen LogP contribution in [0, 0.1) is 13.8 Å². The first-order chi connectivity index (χ1) is 18.4. The van der Waals surface area contributed by atoms with Crippen molar-refractivity contribution in [3.63, 3.8) is 0 Å². The van der Waals surface area contributed by atoms with E-state index in [1.807, 2.05) is 70.3 Å². The summed E-state index contributed by atoms with van der Waals surface area (Å²) in [4.78, 5) is 29.3. The van der Waals surface area contributed by atoms with Gasteiger partial charge in [-0.05, 0) is 82.8 Å². The number of hydrogen-bond donors (Lipinski definition) is 1. The molecule has 1 N–H and O–H groups in total. The van der Waals surface area contributed by atoms with E-state index in [2.05, 4.69) is 5.32 Å². The van der Waals surface area contributed by atoms with Gasteiger partial charge < -0.3 is 10.2 Å². The molecule has 208 valence electrons. The number of sulfonamides is 1. The highest BCUT2D eigenvalue weighted by atomic mass is 32.2. The SMILES string of the molecule is CSc1ccc(S(=O)(=O)N(CC(=O)N(Cc2ccc(C)cc2)C(C)C(=O)NC(C)C)c2ccc(C)cc2)cc1. The maximum absolute atomic E-state index is 13.9. The van der Waals surface area contributed by atoms with Crippen molar-refractivity contribution in [2.75, 3.05) is 17.1 Å². The molecule has 7 nitrogen and oxygen atoms in total. The maximum atomic E-state index is 13.9. The second-order valence-corrected chi connectivity index (χ2v) is 12.6. The standard InChI is InChI=1S/C30H37N3O4S2/c1-21(2)31-30(35)24(5)32(19-25-11-7-22(3)8-12-25)29(34)20-33(26-13-9-23(4)10-14-26)39(36,37)28-17-15-27(38-6)16-18-28/h7-18,21,24H,19-20H2,1-6H3,(H,31,35). The van der Waals surface area contributed by atoms with Crippen molar-refractivity contribution in [1.29, 1.82) is 0 Å². The molecule has 0 aromatic heterocycles. The minimum Gasteiger partial charge on any atom is -0.352 e. The molecular formula is C30H37N3O4S2. The molecule has 3 aromatic rings. The number of amides is 2. The van der Waals surface area contributed by atoms with Gasteiger partial charge in [0.1, 0.15) is 12.6 Å². The molecule has 0 spiro atoms. The van der Waals surface area contributed by atoms with Gasteiger partial charge in [0.25, 0.3) is 10.0 Å². The van der Waals surface area contributed by atoms with Gasteiger partial charge in [0.2, 0.25) is 11.8 Å². The molecule has 0 bridgehead atoms. The highest BCUT2D eigenvalue weighted by Gasteiger charge is 2.32. The summed E-state index contributed by atoms with van der Waals surface area (Å²) in [6, 6.07) is 20.4. The number of thioether (sulfide) groups is 1. The molecule has 0 saturated heterocycles. The van der Waals surface area contributed by atoms with Crippen LogP contribution in [0.5, 0.6) is 0 Å². The van der Waals surface area contributed by atoms with Crippen molar-refractivity contribution >= 4 is 39.3 Å². The van der Waals surface area contributed by atoms with Crippen molar-refractivity contribution in [3.8, 4) is 0 Å². The largest absolute Gasteiger partial charge is 0.352 e. The summed E-state index contributed by atoms with van der Waals surface area (Å²) in [6.07, 6.45) is 1.92. The maximum Gasteiger partial charge on any atom is 0.264 e. The third-order valence-electron chi connectivity index (χ3n) is 6.32. The van der Waals surface area contributed by atoms with Crippen LogP contribution in [-0.4, -0.2) is 50.0 Å². The third kappa shape index (κ3) is 7.86. The molecule has 2 amide bonds. The number of carbonyl (C=O) groups is 2. The van der Waals surface area contributed by atoms with E-state index in [-0.39, 0.29) is 23.4 Å². The van der Waals surface area contributed by atoms with Crippen molar-refractivity contribution in [3.05, 3.63) is 89.5 Å². The predicted molar refractivity (Wildman–Crippen MR) is 158 cm³/mol. The average Bonchev–Trinajstić information content (AvgIpc) is 2.91. The summed E-state index contributed by atoms with van der Waals surface area (Å²) in [5.74, 6) is -0.783. The first-order valence-electron chi connectivity index (χ1n) is 12.8. The van der Waals surface area contributed by atoms with Gasteiger partial charge in [-0.1, -0.05) is 47.5 Å². The summed E-state index contributed by atoms with van der Waals surface area (Å²) < 4.78 is 28.9. The number of nitrogens with zero attached hydrogens (tertiary/aromatic N) is 2. The van der Waals surface area contributed by atoms with Crippen LogP contribution in [0.1, 0.15) is 37.5 Å². The van der Waals surface area contributed by atoms with E-state index >= 15 is 0 Å². The van der Waals surface area contributed by atoms with Gasteiger partial charge in [0, 0.05) is 17.5 Å². The minimum atomic E-state index is -4.09.